The van der Waals surface area contributed by atoms with E-state index >= 15 is 0 Å². The summed E-state index contributed by atoms with van der Waals surface area (Å²) in [5.74, 6) is 1.12. The van der Waals surface area contributed by atoms with Crippen LogP contribution in [0.4, 0.5) is 5.82 Å². The molecule has 0 spiro atoms. The van der Waals surface area contributed by atoms with Crippen LogP contribution in [0.25, 0.3) is 0 Å². The van der Waals surface area contributed by atoms with E-state index in [-0.39, 0.29) is 17.9 Å². The van der Waals surface area contributed by atoms with Crippen LogP contribution in [0.5, 0.6) is 0 Å². The highest BCUT2D eigenvalue weighted by Crippen LogP contribution is 2.23. The molecule has 2 aliphatic rings. The largest absolute Gasteiger partial charge is 0.368 e. The highest BCUT2D eigenvalue weighted by Gasteiger charge is 2.27. The molecular formula is C18H26N4O3. The molecule has 136 valence electrons. The zero-order chi connectivity index (χ0) is 17.8. The van der Waals surface area contributed by atoms with Crippen LogP contribution >= 0.6 is 0 Å². The first-order valence-corrected chi connectivity index (χ1v) is 8.86. The van der Waals surface area contributed by atoms with Gasteiger partial charge in [-0.3, -0.25) is 9.59 Å². The number of nitrogens with zero attached hydrogens (tertiary/aromatic N) is 4. The fourth-order valence-corrected chi connectivity index (χ4v) is 3.25. The second kappa shape index (κ2) is 7.82. The van der Waals surface area contributed by atoms with Gasteiger partial charge in [0.05, 0.1) is 18.8 Å². The maximum absolute atomic E-state index is 12.5. The molecule has 0 saturated carbocycles. The van der Waals surface area contributed by atoms with Gasteiger partial charge in [0.15, 0.2) is 0 Å². The Balaban J connectivity index is 1.58. The lowest BCUT2D eigenvalue weighted by Gasteiger charge is -2.33. The van der Waals surface area contributed by atoms with Gasteiger partial charge < -0.3 is 19.4 Å². The number of aromatic nitrogens is 1. The number of likely N-dealkylation sites (tertiary alicyclic amines) is 1. The number of carbonyl (C=O) groups is 2. The van der Waals surface area contributed by atoms with Gasteiger partial charge in [-0.25, -0.2) is 4.98 Å². The first kappa shape index (κ1) is 17.7. The van der Waals surface area contributed by atoms with E-state index in [1.165, 1.54) is 0 Å². The molecule has 2 saturated heterocycles. The van der Waals surface area contributed by atoms with E-state index in [0.717, 1.165) is 24.5 Å². The van der Waals surface area contributed by atoms with E-state index in [1.807, 2.05) is 42.1 Å². The molecular weight excluding hydrogens is 320 g/mol. The Hall–Kier alpha value is -2.15. The van der Waals surface area contributed by atoms with Crippen molar-refractivity contribution in [3.63, 3.8) is 0 Å². The molecule has 0 N–H and O–H groups in total. The van der Waals surface area contributed by atoms with Gasteiger partial charge in [-0.15, -0.1) is 0 Å². The predicted molar refractivity (Wildman–Crippen MR) is 94.3 cm³/mol. The summed E-state index contributed by atoms with van der Waals surface area (Å²) in [5, 5.41) is 0. The number of carbonyl (C=O) groups excluding carboxylic acids is 2. The van der Waals surface area contributed by atoms with Crippen LogP contribution in [0.2, 0.25) is 0 Å². The second-order valence-corrected chi connectivity index (χ2v) is 6.75. The maximum atomic E-state index is 12.5. The summed E-state index contributed by atoms with van der Waals surface area (Å²) in [6, 6.07) is 5.84. The Kier molecular flexibility index (Phi) is 5.53. The molecule has 0 aromatic carbocycles. The average Bonchev–Trinajstić information content (AvgIpc) is 3.05. The van der Waals surface area contributed by atoms with Gasteiger partial charge in [0, 0.05) is 46.6 Å². The highest BCUT2D eigenvalue weighted by molar-refractivity contribution is 5.80. The van der Waals surface area contributed by atoms with Gasteiger partial charge in [-0.05, 0) is 18.6 Å². The summed E-state index contributed by atoms with van der Waals surface area (Å²) in [4.78, 5) is 34.4. The van der Waals surface area contributed by atoms with Gasteiger partial charge in [0.1, 0.15) is 11.9 Å². The minimum absolute atomic E-state index is 0.0803. The molecule has 3 heterocycles. The van der Waals surface area contributed by atoms with Crippen LogP contribution in [0.1, 0.15) is 31.1 Å². The number of morpholine rings is 1. The molecule has 0 aliphatic carbocycles. The van der Waals surface area contributed by atoms with Crippen molar-refractivity contribution < 1.29 is 14.3 Å². The highest BCUT2D eigenvalue weighted by atomic mass is 16.5. The zero-order valence-electron chi connectivity index (χ0n) is 15.0. The molecule has 3 rings (SSSR count). The van der Waals surface area contributed by atoms with Crippen molar-refractivity contribution in [1.29, 1.82) is 0 Å². The predicted octanol–water partition coefficient (Wildman–Crippen LogP) is 1.06. The van der Waals surface area contributed by atoms with Crippen LogP contribution in [0.15, 0.2) is 18.2 Å². The van der Waals surface area contributed by atoms with Crippen molar-refractivity contribution >= 4 is 17.6 Å². The molecule has 0 unspecified atom stereocenters. The van der Waals surface area contributed by atoms with Crippen molar-refractivity contribution in [3.05, 3.63) is 23.9 Å². The van der Waals surface area contributed by atoms with Crippen LogP contribution < -0.4 is 4.90 Å². The number of amides is 2. The molecule has 25 heavy (non-hydrogen) atoms. The average molecular weight is 346 g/mol. The van der Waals surface area contributed by atoms with E-state index in [0.29, 0.717) is 39.1 Å². The molecule has 0 bridgehead atoms. The van der Waals surface area contributed by atoms with E-state index in [2.05, 4.69) is 4.98 Å². The third-order valence-corrected chi connectivity index (χ3v) is 4.73. The minimum atomic E-state index is -0.203. The first-order chi connectivity index (χ1) is 12.0. The summed E-state index contributed by atoms with van der Waals surface area (Å²) in [6.45, 7) is 2.91. The van der Waals surface area contributed by atoms with Gasteiger partial charge >= 0.3 is 0 Å². The van der Waals surface area contributed by atoms with E-state index in [1.54, 1.807) is 4.90 Å². The molecule has 2 amide bonds. The smallest absolute Gasteiger partial charge is 0.224 e. The Morgan fingerprint density at radius 1 is 1.36 bits per heavy atom. The minimum Gasteiger partial charge on any atom is -0.368 e. The van der Waals surface area contributed by atoms with E-state index < -0.39 is 0 Å². The number of hydrogen-bond donors (Lipinski definition) is 0. The Labute approximate surface area is 148 Å². The summed E-state index contributed by atoms with van der Waals surface area (Å²) in [7, 11) is 3.90. The van der Waals surface area contributed by atoms with Crippen LogP contribution in [-0.4, -0.2) is 73.5 Å². The van der Waals surface area contributed by atoms with Crippen LogP contribution in [0, 0.1) is 0 Å². The fraction of sp³-hybridized carbons (Fsp3) is 0.611. The van der Waals surface area contributed by atoms with Crippen LogP contribution in [-0.2, 0) is 14.3 Å². The Morgan fingerprint density at radius 2 is 2.20 bits per heavy atom. The molecule has 7 heteroatoms. The van der Waals surface area contributed by atoms with Crippen molar-refractivity contribution in [1.82, 2.24) is 14.8 Å². The lowest BCUT2D eigenvalue weighted by Crippen LogP contribution is -2.43. The molecule has 2 aliphatic heterocycles. The topological polar surface area (TPSA) is 66.0 Å². The van der Waals surface area contributed by atoms with Crippen molar-refractivity contribution in [2.24, 2.45) is 0 Å². The summed E-state index contributed by atoms with van der Waals surface area (Å²) in [6.07, 6.45) is 1.69. The number of pyridine rings is 1. The van der Waals surface area contributed by atoms with Crippen LogP contribution in [0.3, 0.4) is 0 Å². The SMILES string of the molecule is CN(C)c1cccc([C@@H]2CN(C(=O)CCN3CCCC3=O)CCO2)n1. The number of hydrogen-bond acceptors (Lipinski definition) is 5. The van der Waals surface area contributed by atoms with Gasteiger partial charge in [0.2, 0.25) is 11.8 Å². The summed E-state index contributed by atoms with van der Waals surface area (Å²) < 4.78 is 5.83. The quantitative estimate of drug-likeness (QED) is 0.798. The Morgan fingerprint density at radius 3 is 2.92 bits per heavy atom. The number of anilines is 1. The molecule has 2 fully saturated rings. The van der Waals surface area contributed by atoms with Crippen molar-refractivity contribution in [3.8, 4) is 0 Å². The summed E-state index contributed by atoms with van der Waals surface area (Å²) in [5.41, 5.74) is 0.846. The fourth-order valence-electron chi connectivity index (χ4n) is 3.25. The normalized spacial score (nSPS) is 20.9. The van der Waals surface area contributed by atoms with E-state index in [4.69, 9.17) is 4.74 Å². The van der Waals surface area contributed by atoms with Crippen molar-refractivity contribution in [2.75, 3.05) is 51.8 Å². The van der Waals surface area contributed by atoms with Crippen molar-refractivity contribution in [2.45, 2.75) is 25.4 Å². The molecule has 1 aromatic heterocycles. The number of ether oxygens (including phenoxy) is 1. The lowest BCUT2D eigenvalue weighted by molar-refractivity contribution is -0.140. The Bertz CT molecular complexity index is 635. The molecule has 7 nitrogen and oxygen atoms in total. The van der Waals surface area contributed by atoms with Gasteiger partial charge in [-0.2, -0.15) is 0 Å². The third kappa shape index (κ3) is 4.28. The molecule has 1 aromatic rings. The van der Waals surface area contributed by atoms with E-state index in [9.17, 15) is 9.59 Å². The van der Waals surface area contributed by atoms with Gasteiger partial charge in [-0.1, -0.05) is 6.07 Å². The first-order valence-electron chi connectivity index (χ1n) is 8.86. The summed E-state index contributed by atoms with van der Waals surface area (Å²) >= 11 is 0. The maximum Gasteiger partial charge on any atom is 0.224 e. The van der Waals surface area contributed by atoms with Gasteiger partial charge in [0.25, 0.3) is 0 Å². The second-order valence-electron chi connectivity index (χ2n) is 6.75. The zero-order valence-corrected chi connectivity index (χ0v) is 15.0. The molecule has 0 radical (unpaired) electrons. The number of rotatable bonds is 5. The molecule has 1 atom stereocenters. The standard InChI is InChI=1S/C18H26N4O3/c1-20(2)16-6-3-5-14(19-16)15-13-22(11-12-25-15)18(24)8-10-21-9-4-7-17(21)23/h3,5-6,15H,4,7-13H2,1-2H3/t15-/m0/s1. The third-order valence-electron chi connectivity index (χ3n) is 4.73. The lowest BCUT2D eigenvalue weighted by atomic mass is 10.1. The monoisotopic (exact) mass is 346 g/mol.